The molecule has 1 aliphatic heterocycles. The van der Waals surface area contributed by atoms with Crippen LogP contribution in [0.4, 0.5) is 0 Å². The summed E-state index contributed by atoms with van der Waals surface area (Å²) in [5.41, 5.74) is 0. The minimum absolute atomic E-state index is 0.0932. The SMILES string of the molecule is CCCCCCCC(=O)NC(CN1CCCC1)C(O)C1CCCCC1. The summed E-state index contributed by atoms with van der Waals surface area (Å²) in [5, 5.41) is 14.1. The second-order valence-corrected chi connectivity index (χ2v) is 8.23. The molecule has 1 saturated heterocycles. The number of nitrogens with zero attached hydrogens (tertiary/aromatic N) is 1. The van der Waals surface area contributed by atoms with Crippen molar-refractivity contribution in [2.45, 2.75) is 103 Å². The normalized spacial score (nSPS) is 22.0. The van der Waals surface area contributed by atoms with Crippen LogP contribution in [-0.4, -0.2) is 47.7 Å². The van der Waals surface area contributed by atoms with Gasteiger partial charge in [-0.05, 0) is 51.1 Å². The second kappa shape index (κ2) is 11.9. The molecule has 2 aliphatic rings. The molecule has 0 bridgehead atoms. The zero-order chi connectivity index (χ0) is 17.9. The monoisotopic (exact) mass is 352 g/mol. The summed E-state index contributed by atoms with van der Waals surface area (Å²) < 4.78 is 0. The lowest BCUT2D eigenvalue weighted by atomic mass is 9.82. The van der Waals surface area contributed by atoms with E-state index in [0.717, 1.165) is 45.3 Å². The van der Waals surface area contributed by atoms with Crippen LogP contribution in [-0.2, 0) is 4.79 Å². The molecule has 0 aromatic rings. The standard InChI is InChI=1S/C21H40N2O2/c1-2-3-4-5-9-14-20(24)22-19(17-23-15-10-11-16-23)21(25)18-12-7-6-8-13-18/h18-19,21,25H,2-17H2,1H3,(H,22,24). The van der Waals surface area contributed by atoms with Crippen LogP contribution < -0.4 is 5.32 Å². The number of carbonyl (C=O) groups excluding carboxylic acids is 1. The van der Waals surface area contributed by atoms with Crippen LogP contribution in [0.1, 0.15) is 90.4 Å². The average molecular weight is 353 g/mol. The van der Waals surface area contributed by atoms with Crippen molar-refractivity contribution in [2.75, 3.05) is 19.6 Å². The van der Waals surface area contributed by atoms with Crippen LogP contribution in [0, 0.1) is 5.92 Å². The highest BCUT2D eigenvalue weighted by Gasteiger charge is 2.31. The Bertz CT molecular complexity index is 363. The number of unbranched alkanes of at least 4 members (excludes halogenated alkanes) is 4. The second-order valence-electron chi connectivity index (χ2n) is 8.23. The maximum absolute atomic E-state index is 12.4. The summed E-state index contributed by atoms with van der Waals surface area (Å²) in [6.07, 6.45) is 14.5. The lowest BCUT2D eigenvalue weighted by Crippen LogP contribution is -2.52. The Hall–Kier alpha value is -0.610. The first kappa shape index (κ1) is 20.7. The average Bonchev–Trinajstić information content (AvgIpc) is 3.14. The summed E-state index contributed by atoms with van der Waals surface area (Å²) in [6.45, 7) is 5.25. The molecular formula is C21H40N2O2. The first-order chi connectivity index (χ1) is 12.2. The van der Waals surface area contributed by atoms with Crippen molar-refractivity contribution >= 4 is 5.91 Å². The molecular weight excluding hydrogens is 312 g/mol. The molecule has 0 aromatic heterocycles. The maximum atomic E-state index is 12.4. The Labute approximate surface area is 154 Å². The van der Waals surface area contributed by atoms with E-state index in [1.807, 2.05) is 0 Å². The Balaban J connectivity index is 1.81. The predicted octanol–water partition coefficient (Wildman–Crippen LogP) is 3.87. The maximum Gasteiger partial charge on any atom is 0.220 e. The van der Waals surface area contributed by atoms with Gasteiger partial charge in [0, 0.05) is 13.0 Å². The highest BCUT2D eigenvalue weighted by molar-refractivity contribution is 5.76. The van der Waals surface area contributed by atoms with E-state index >= 15 is 0 Å². The fourth-order valence-electron chi connectivity index (χ4n) is 4.45. The fourth-order valence-corrected chi connectivity index (χ4v) is 4.45. The minimum atomic E-state index is -0.384. The summed E-state index contributed by atoms with van der Waals surface area (Å²) in [5.74, 6) is 0.502. The van der Waals surface area contributed by atoms with Crippen molar-refractivity contribution < 1.29 is 9.90 Å². The van der Waals surface area contributed by atoms with Crippen molar-refractivity contribution in [2.24, 2.45) is 5.92 Å². The van der Waals surface area contributed by atoms with Gasteiger partial charge in [-0.15, -0.1) is 0 Å². The molecule has 2 N–H and O–H groups in total. The summed E-state index contributed by atoms with van der Waals surface area (Å²) in [7, 11) is 0. The fraction of sp³-hybridized carbons (Fsp3) is 0.952. The molecule has 4 heteroatoms. The van der Waals surface area contributed by atoms with Crippen LogP contribution in [0.25, 0.3) is 0 Å². The van der Waals surface area contributed by atoms with E-state index in [-0.39, 0.29) is 18.1 Å². The minimum Gasteiger partial charge on any atom is -0.391 e. The number of aliphatic hydroxyl groups is 1. The molecule has 0 radical (unpaired) electrons. The van der Waals surface area contributed by atoms with Crippen molar-refractivity contribution in [3.63, 3.8) is 0 Å². The van der Waals surface area contributed by atoms with E-state index in [9.17, 15) is 9.90 Å². The Kier molecular flexibility index (Phi) is 9.85. The molecule has 0 aromatic carbocycles. The number of aliphatic hydroxyl groups excluding tert-OH is 1. The van der Waals surface area contributed by atoms with Crippen molar-refractivity contribution in [1.29, 1.82) is 0 Å². The van der Waals surface area contributed by atoms with Gasteiger partial charge in [0.05, 0.1) is 12.1 Å². The molecule has 1 heterocycles. The van der Waals surface area contributed by atoms with Crippen LogP contribution in [0.5, 0.6) is 0 Å². The Morgan fingerprint density at radius 3 is 2.40 bits per heavy atom. The van der Waals surface area contributed by atoms with Gasteiger partial charge in [0.1, 0.15) is 0 Å². The molecule has 146 valence electrons. The lowest BCUT2D eigenvalue weighted by molar-refractivity contribution is -0.123. The largest absolute Gasteiger partial charge is 0.391 e. The summed E-state index contributed by atoms with van der Waals surface area (Å²) in [6, 6.07) is -0.0932. The van der Waals surface area contributed by atoms with Crippen LogP contribution >= 0.6 is 0 Å². The van der Waals surface area contributed by atoms with E-state index in [2.05, 4.69) is 17.1 Å². The van der Waals surface area contributed by atoms with Crippen LogP contribution in [0.2, 0.25) is 0 Å². The van der Waals surface area contributed by atoms with Gasteiger partial charge >= 0.3 is 0 Å². The summed E-state index contributed by atoms with van der Waals surface area (Å²) >= 11 is 0. The highest BCUT2D eigenvalue weighted by atomic mass is 16.3. The van der Waals surface area contributed by atoms with Gasteiger partial charge < -0.3 is 15.3 Å². The van der Waals surface area contributed by atoms with Crippen molar-refractivity contribution in [1.82, 2.24) is 10.2 Å². The number of nitrogens with one attached hydrogen (secondary N) is 1. The molecule has 2 fully saturated rings. The van der Waals surface area contributed by atoms with Gasteiger partial charge in [-0.3, -0.25) is 4.79 Å². The molecule has 1 aliphatic carbocycles. The number of likely N-dealkylation sites (tertiary alicyclic amines) is 1. The number of amides is 1. The molecule has 2 unspecified atom stereocenters. The predicted molar refractivity (Wildman–Crippen MR) is 104 cm³/mol. The third kappa shape index (κ3) is 7.65. The van der Waals surface area contributed by atoms with E-state index in [1.165, 1.54) is 51.4 Å². The smallest absolute Gasteiger partial charge is 0.220 e. The quantitative estimate of drug-likeness (QED) is 0.555. The zero-order valence-electron chi connectivity index (χ0n) is 16.3. The first-order valence-electron chi connectivity index (χ1n) is 10.9. The van der Waals surface area contributed by atoms with Crippen LogP contribution in [0.3, 0.4) is 0 Å². The van der Waals surface area contributed by atoms with E-state index in [4.69, 9.17) is 0 Å². The highest BCUT2D eigenvalue weighted by Crippen LogP contribution is 2.28. The number of hydrogen-bond acceptors (Lipinski definition) is 3. The van der Waals surface area contributed by atoms with Crippen molar-refractivity contribution in [3.8, 4) is 0 Å². The Morgan fingerprint density at radius 2 is 1.72 bits per heavy atom. The number of carbonyl (C=O) groups is 1. The van der Waals surface area contributed by atoms with Gasteiger partial charge in [0.15, 0.2) is 0 Å². The molecule has 25 heavy (non-hydrogen) atoms. The molecule has 1 saturated carbocycles. The Morgan fingerprint density at radius 1 is 1.04 bits per heavy atom. The molecule has 4 nitrogen and oxygen atoms in total. The van der Waals surface area contributed by atoms with Gasteiger partial charge in [-0.25, -0.2) is 0 Å². The molecule has 1 amide bonds. The number of hydrogen-bond donors (Lipinski definition) is 2. The van der Waals surface area contributed by atoms with E-state index in [1.54, 1.807) is 0 Å². The van der Waals surface area contributed by atoms with Gasteiger partial charge in [-0.2, -0.15) is 0 Å². The zero-order valence-corrected chi connectivity index (χ0v) is 16.3. The van der Waals surface area contributed by atoms with Gasteiger partial charge in [0.25, 0.3) is 0 Å². The van der Waals surface area contributed by atoms with Gasteiger partial charge in [0.2, 0.25) is 5.91 Å². The lowest BCUT2D eigenvalue weighted by Gasteiger charge is -2.34. The van der Waals surface area contributed by atoms with Crippen molar-refractivity contribution in [3.05, 3.63) is 0 Å². The van der Waals surface area contributed by atoms with Gasteiger partial charge in [-0.1, -0.05) is 51.9 Å². The molecule has 2 rings (SSSR count). The summed E-state index contributed by atoms with van der Waals surface area (Å²) in [4.78, 5) is 14.8. The first-order valence-corrected chi connectivity index (χ1v) is 10.9. The topological polar surface area (TPSA) is 52.6 Å². The molecule has 0 spiro atoms. The van der Waals surface area contributed by atoms with E-state index < -0.39 is 0 Å². The van der Waals surface area contributed by atoms with Crippen LogP contribution in [0.15, 0.2) is 0 Å². The third-order valence-corrected chi connectivity index (χ3v) is 6.05. The number of rotatable bonds is 11. The third-order valence-electron chi connectivity index (χ3n) is 6.05. The molecule has 2 atom stereocenters. The van der Waals surface area contributed by atoms with E-state index in [0.29, 0.717) is 12.3 Å².